The summed E-state index contributed by atoms with van der Waals surface area (Å²) in [6, 6.07) is 3.46. The monoisotopic (exact) mass is 312 g/mol. The van der Waals surface area contributed by atoms with E-state index in [9.17, 15) is 9.90 Å². The van der Waals surface area contributed by atoms with Gasteiger partial charge in [0, 0.05) is 10.7 Å². The summed E-state index contributed by atoms with van der Waals surface area (Å²) in [5.74, 6) is -0.210. The first-order valence-corrected chi connectivity index (χ1v) is 6.99. The second-order valence-electron chi connectivity index (χ2n) is 4.81. The number of hydrogen-bond acceptors (Lipinski definition) is 3. The van der Waals surface area contributed by atoms with Crippen molar-refractivity contribution < 1.29 is 9.90 Å². The molecule has 2 rings (SSSR count). The molecule has 0 spiro atoms. The van der Waals surface area contributed by atoms with Crippen LogP contribution >= 0.6 is 15.9 Å². The summed E-state index contributed by atoms with van der Waals surface area (Å²) in [5, 5.41) is 12.5. The largest absolute Gasteiger partial charge is 0.394 e. The van der Waals surface area contributed by atoms with Crippen LogP contribution in [-0.4, -0.2) is 28.1 Å². The summed E-state index contributed by atoms with van der Waals surface area (Å²) >= 11 is 3.28. The highest BCUT2D eigenvalue weighted by atomic mass is 79.9. The van der Waals surface area contributed by atoms with E-state index in [1.165, 1.54) is 6.42 Å². The molecule has 0 aromatic carbocycles. The van der Waals surface area contributed by atoms with E-state index < -0.39 is 5.54 Å². The Morgan fingerprint density at radius 2 is 2.11 bits per heavy atom. The van der Waals surface area contributed by atoms with Gasteiger partial charge in [-0.15, -0.1) is 0 Å². The number of hydrogen-bond donors (Lipinski definition) is 2. The zero-order valence-electron chi connectivity index (χ0n) is 10.2. The molecule has 1 amide bonds. The second kappa shape index (κ2) is 5.80. The number of rotatable bonds is 3. The lowest BCUT2D eigenvalue weighted by Crippen LogP contribution is -2.52. The van der Waals surface area contributed by atoms with E-state index in [0.717, 1.165) is 30.2 Å². The standard InChI is InChI=1S/C13H17BrN2O2/c14-10-4-5-11(15-8-10)12(18)16-13(9-17)6-2-1-3-7-13/h4-5,8,17H,1-3,6-7,9H2,(H,16,18). The first kappa shape index (κ1) is 13.5. The first-order chi connectivity index (χ1) is 8.65. The molecular weight excluding hydrogens is 296 g/mol. The molecule has 0 saturated heterocycles. The normalized spacial score (nSPS) is 18.3. The van der Waals surface area contributed by atoms with Gasteiger partial charge >= 0.3 is 0 Å². The summed E-state index contributed by atoms with van der Waals surface area (Å²) < 4.78 is 0.841. The number of pyridine rings is 1. The molecule has 0 radical (unpaired) electrons. The summed E-state index contributed by atoms with van der Waals surface area (Å²) in [6.07, 6.45) is 6.55. The molecule has 1 aromatic heterocycles. The maximum absolute atomic E-state index is 12.1. The van der Waals surface area contributed by atoms with E-state index >= 15 is 0 Å². The van der Waals surface area contributed by atoms with Crippen LogP contribution in [0.1, 0.15) is 42.6 Å². The van der Waals surface area contributed by atoms with Gasteiger partial charge in [-0.1, -0.05) is 19.3 Å². The molecule has 2 N–H and O–H groups in total. The van der Waals surface area contributed by atoms with Crippen LogP contribution in [0.5, 0.6) is 0 Å². The fourth-order valence-electron chi connectivity index (χ4n) is 2.37. The number of halogens is 1. The zero-order valence-corrected chi connectivity index (χ0v) is 11.7. The van der Waals surface area contributed by atoms with Gasteiger partial charge in [0.15, 0.2) is 0 Å². The van der Waals surface area contributed by atoms with Crippen molar-refractivity contribution in [3.63, 3.8) is 0 Å². The van der Waals surface area contributed by atoms with Gasteiger partial charge in [-0.2, -0.15) is 0 Å². The molecule has 18 heavy (non-hydrogen) atoms. The Labute approximate surface area is 115 Å². The van der Waals surface area contributed by atoms with Crippen LogP contribution in [0, 0.1) is 0 Å². The molecule has 1 aromatic rings. The third-order valence-electron chi connectivity index (χ3n) is 3.45. The predicted molar refractivity (Wildman–Crippen MR) is 72.3 cm³/mol. The average molecular weight is 313 g/mol. The van der Waals surface area contributed by atoms with E-state index in [0.29, 0.717) is 5.69 Å². The van der Waals surface area contributed by atoms with Crippen molar-refractivity contribution in [1.29, 1.82) is 0 Å². The number of carbonyl (C=O) groups is 1. The highest BCUT2D eigenvalue weighted by Gasteiger charge is 2.33. The zero-order chi connectivity index (χ0) is 13.0. The third kappa shape index (κ3) is 3.09. The van der Waals surface area contributed by atoms with Crippen LogP contribution in [0.4, 0.5) is 0 Å². The molecule has 1 heterocycles. The van der Waals surface area contributed by atoms with Gasteiger partial charge in [0.1, 0.15) is 5.69 Å². The summed E-state index contributed by atoms with van der Waals surface area (Å²) in [5.41, 5.74) is -0.0685. The van der Waals surface area contributed by atoms with Gasteiger partial charge in [-0.25, -0.2) is 4.98 Å². The predicted octanol–water partition coefficient (Wildman–Crippen LogP) is 2.27. The van der Waals surface area contributed by atoms with E-state index in [-0.39, 0.29) is 12.5 Å². The fraction of sp³-hybridized carbons (Fsp3) is 0.538. The number of amides is 1. The van der Waals surface area contributed by atoms with Gasteiger partial charge < -0.3 is 10.4 Å². The van der Waals surface area contributed by atoms with E-state index in [4.69, 9.17) is 0 Å². The van der Waals surface area contributed by atoms with Crippen LogP contribution in [0.15, 0.2) is 22.8 Å². The number of nitrogens with zero attached hydrogens (tertiary/aromatic N) is 1. The van der Waals surface area contributed by atoms with Gasteiger partial charge in [-0.3, -0.25) is 4.79 Å². The number of carbonyl (C=O) groups excluding carboxylic acids is 1. The van der Waals surface area contributed by atoms with Gasteiger partial charge in [-0.05, 0) is 40.9 Å². The fourth-order valence-corrected chi connectivity index (χ4v) is 2.60. The maximum atomic E-state index is 12.1. The molecule has 0 unspecified atom stereocenters. The Bertz CT molecular complexity index is 414. The lowest BCUT2D eigenvalue weighted by atomic mass is 9.82. The van der Waals surface area contributed by atoms with Crippen molar-refractivity contribution in [3.05, 3.63) is 28.5 Å². The van der Waals surface area contributed by atoms with Crippen LogP contribution < -0.4 is 5.32 Å². The van der Waals surface area contributed by atoms with Crippen molar-refractivity contribution >= 4 is 21.8 Å². The van der Waals surface area contributed by atoms with Crippen LogP contribution in [0.2, 0.25) is 0 Å². The molecule has 4 nitrogen and oxygen atoms in total. The molecule has 5 heteroatoms. The number of aromatic nitrogens is 1. The Morgan fingerprint density at radius 3 is 2.67 bits per heavy atom. The first-order valence-electron chi connectivity index (χ1n) is 6.20. The van der Waals surface area contributed by atoms with Crippen molar-refractivity contribution in [1.82, 2.24) is 10.3 Å². The maximum Gasteiger partial charge on any atom is 0.270 e. The van der Waals surface area contributed by atoms with E-state index in [1.54, 1.807) is 18.3 Å². The van der Waals surface area contributed by atoms with Crippen LogP contribution in [0.3, 0.4) is 0 Å². The minimum atomic E-state index is -0.454. The number of aliphatic hydroxyl groups excluding tert-OH is 1. The van der Waals surface area contributed by atoms with Gasteiger partial charge in [0.25, 0.3) is 5.91 Å². The Hall–Kier alpha value is -0.940. The summed E-state index contributed by atoms with van der Waals surface area (Å²) in [4.78, 5) is 16.2. The molecular formula is C13H17BrN2O2. The molecule has 1 aliphatic rings. The van der Waals surface area contributed by atoms with Crippen LogP contribution in [-0.2, 0) is 0 Å². The van der Waals surface area contributed by atoms with Gasteiger partial charge in [0.05, 0.1) is 12.1 Å². The highest BCUT2D eigenvalue weighted by Crippen LogP contribution is 2.28. The molecule has 0 aliphatic heterocycles. The smallest absolute Gasteiger partial charge is 0.270 e. The van der Waals surface area contributed by atoms with E-state index in [2.05, 4.69) is 26.2 Å². The van der Waals surface area contributed by atoms with Crippen molar-refractivity contribution in [2.24, 2.45) is 0 Å². The SMILES string of the molecule is O=C(NC1(CO)CCCCC1)c1ccc(Br)cn1. The molecule has 1 fully saturated rings. The van der Waals surface area contributed by atoms with E-state index in [1.807, 2.05) is 0 Å². The van der Waals surface area contributed by atoms with Crippen molar-refractivity contribution in [2.75, 3.05) is 6.61 Å². The molecule has 1 aliphatic carbocycles. The number of aliphatic hydroxyl groups is 1. The highest BCUT2D eigenvalue weighted by molar-refractivity contribution is 9.10. The van der Waals surface area contributed by atoms with Crippen molar-refractivity contribution in [2.45, 2.75) is 37.6 Å². The second-order valence-corrected chi connectivity index (χ2v) is 5.73. The lowest BCUT2D eigenvalue weighted by molar-refractivity contribution is 0.0754. The molecule has 98 valence electrons. The summed E-state index contributed by atoms with van der Waals surface area (Å²) in [7, 11) is 0. The minimum absolute atomic E-state index is 0.00469. The Kier molecular flexibility index (Phi) is 4.35. The third-order valence-corrected chi connectivity index (χ3v) is 3.92. The lowest BCUT2D eigenvalue weighted by Gasteiger charge is -2.36. The number of nitrogens with one attached hydrogen (secondary N) is 1. The van der Waals surface area contributed by atoms with Gasteiger partial charge in [0.2, 0.25) is 0 Å². The molecule has 1 saturated carbocycles. The topological polar surface area (TPSA) is 62.2 Å². The quantitative estimate of drug-likeness (QED) is 0.900. The Balaban J connectivity index is 2.07. The summed E-state index contributed by atoms with van der Waals surface area (Å²) in [6.45, 7) is -0.00469. The average Bonchev–Trinajstić information content (AvgIpc) is 2.40. The Morgan fingerprint density at radius 1 is 1.39 bits per heavy atom. The van der Waals surface area contributed by atoms with Crippen LogP contribution in [0.25, 0.3) is 0 Å². The minimum Gasteiger partial charge on any atom is -0.394 e. The molecule has 0 atom stereocenters. The molecule has 0 bridgehead atoms. The van der Waals surface area contributed by atoms with Crippen molar-refractivity contribution in [3.8, 4) is 0 Å².